The van der Waals surface area contributed by atoms with Gasteiger partial charge in [-0.3, -0.25) is 19.3 Å². The molecule has 6 nitrogen and oxygen atoms in total. The molecule has 0 bridgehead atoms. The van der Waals surface area contributed by atoms with Gasteiger partial charge in [-0.1, -0.05) is 30.3 Å². The molecule has 0 aliphatic carbocycles. The number of aliphatic imine (C=N–C) groups is 1. The molecule has 0 aliphatic rings. The first-order chi connectivity index (χ1) is 12.1. The first-order valence-corrected chi connectivity index (χ1v) is 9.14. The number of nitro benzene ring substituents is 1. The van der Waals surface area contributed by atoms with Crippen molar-refractivity contribution in [2.24, 2.45) is 4.99 Å². The van der Waals surface area contributed by atoms with Gasteiger partial charge in [-0.2, -0.15) is 0 Å². The fraction of sp³-hybridized carbons (Fsp3) is 0.167. The summed E-state index contributed by atoms with van der Waals surface area (Å²) in [6.45, 7) is 0.570. The number of nitrogens with one attached hydrogen (secondary N) is 1. The molecule has 0 spiro atoms. The van der Waals surface area contributed by atoms with Gasteiger partial charge >= 0.3 is 0 Å². The zero-order valence-electron chi connectivity index (χ0n) is 13.4. The molecule has 0 radical (unpaired) electrons. The summed E-state index contributed by atoms with van der Waals surface area (Å²) in [5.41, 5.74) is 2.07. The third kappa shape index (κ3) is 4.19. The third-order valence-corrected chi connectivity index (χ3v) is 5.05. The average molecular weight is 355 g/mol. The van der Waals surface area contributed by atoms with Gasteiger partial charge in [0.2, 0.25) is 0 Å². The molecule has 2 aromatic carbocycles. The summed E-state index contributed by atoms with van der Waals surface area (Å²) in [5, 5.41) is 12.1. The second kappa shape index (κ2) is 7.85. The van der Waals surface area contributed by atoms with Crippen molar-refractivity contribution in [3.05, 3.63) is 70.4 Å². The summed E-state index contributed by atoms with van der Waals surface area (Å²) >= 11 is 0. The zero-order valence-corrected chi connectivity index (χ0v) is 14.2. The Morgan fingerprint density at radius 2 is 1.92 bits per heavy atom. The number of para-hydroxylation sites is 2. The fourth-order valence-corrected chi connectivity index (χ4v) is 3.58. The molecule has 0 fully saturated rings. The van der Waals surface area contributed by atoms with Crippen LogP contribution in [0.5, 0.6) is 0 Å². The van der Waals surface area contributed by atoms with Crippen LogP contribution in [0.1, 0.15) is 5.69 Å². The second-order valence-corrected chi connectivity index (χ2v) is 6.92. The molecule has 0 saturated carbocycles. The van der Waals surface area contributed by atoms with Crippen LogP contribution in [-0.2, 0) is 17.2 Å². The first-order valence-electron chi connectivity index (χ1n) is 7.82. The number of benzene rings is 2. The molecule has 25 heavy (non-hydrogen) atoms. The summed E-state index contributed by atoms with van der Waals surface area (Å²) in [7, 11) is -1.47. The molecule has 0 saturated heterocycles. The topological polar surface area (TPSA) is 88.4 Å². The van der Waals surface area contributed by atoms with Crippen molar-refractivity contribution in [3.8, 4) is 0 Å². The van der Waals surface area contributed by atoms with Crippen molar-refractivity contribution < 1.29 is 9.13 Å². The van der Waals surface area contributed by atoms with Gasteiger partial charge in [-0.25, -0.2) is 0 Å². The lowest BCUT2D eigenvalue weighted by molar-refractivity contribution is -0.387. The summed E-state index contributed by atoms with van der Waals surface area (Å²) in [4.78, 5) is 18.3. The van der Waals surface area contributed by atoms with E-state index < -0.39 is 15.7 Å². The smallest absolute Gasteiger partial charge is 0.285 e. The Kier molecular flexibility index (Phi) is 5.35. The van der Waals surface area contributed by atoms with E-state index in [1.807, 2.05) is 18.2 Å². The Morgan fingerprint density at radius 1 is 1.16 bits per heavy atom. The maximum Gasteiger partial charge on any atom is 0.285 e. The number of nitro groups is 1. The minimum atomic E-state index is -1.47. The summed E-state index contributed by atoms with van der Waals surface area (Å²) in [5.74, 6) is 0.164. The molecule has 1 N–H and O–H groups in total. The van der Waals surface area contributed by atoms with Gasteiger partial charge in [-0.05, 0) is 23.6 Å². The molecular weight excluding hydrogens is 338 g/mol. The van der Waals surface area contributed by atoms with Crippen molar-refractivity contribution in [3.63, 3.8) is 0 Å². The van der Waals surface area contributed by atoms with Crippen LogP contribution < -0.4 is 0 Å². The maximum absolute atomic E-state index is 12.2. The normalized spacial score (nSPS) is 12.6. The van der Waals surface area contributed by atoms with Crippen LogP contribution in [0.2, 0.25) is 0 Å². The lowest BCUT2D eigenvalue weighted by Crippen LogP contribution is -2.03. The van der Waals surface area contributed by atoms with Gasteiger partial charge in [0.25, 0.3) is 5.69 Å². The summed E-state index contributed by atoms with van der Waals surface area (Å²) in [6.07, 6.45) is 2.33. The Bertz CT molecular complexity index is 916. The van der Waals surface area contributed by atoms with E-state index in [4.69, 9.17) is 0 Å². The highest BCUT2D eigenvalue weighted by Crippen LogP contribution is 2.21. The monoisotopic (exact) mass is 355 g/mol. The SMILES string of the molecule is O=[N+]([O-])c1ccccc1[S@](=O)CC=NCCc1cc2ccccc2[nH]1. The molecule has 1 atom stereocenters. The minimum Gasteiger partial charge on any atom is -0.358 e. The largest absolute Gasteiger partial charge is 0.358 e. The lowest BCUT2D eigenvalue weighted by atomic mass is 10.2. The van der Waals surface area contributed by atoms with Crippen molar-refractivity contribution in [1.29, 1.82) is 0 Å². The summed E-state index contributed by atoms with van der Waals surface area (Å²) in [6, 6.07) is 16.2. The molecular formula is C18H17N3O3S. The van der Waals surface area contributed by atoms with Crippen molar-refractivity contribution in [2.45, 2.75) is 11.3 Å². The van der Waals surface area contributed by atoms with Gasteiger partial charge in [-0.15, -0.1) is 0 Å². The highest BCUT2D eigenvalue weighted by molar-refractivity contribution is 7.85. The van der Waals surface area contributed by atoms with Crippen LogP contribution in [0.25, 0.3) is 10.9 Å². The van der Waals surface area contributed by atoms with Crippen LogP contribution >= 0.6 is 0 Å². The van der Waals surface area contributed by atoms with Gasteiger partial charge < -0.3 is 4.98 Å². The minimum absolute atomic E-state index is 0.118. The van der Waals surface area contributed by atoms with Crippen LogP contribution in [0, 0.1) is 10.1 Å². The number of aromatic nitrogens is 1. The van der Waals surface area contributed by atoms with E-state index in [2.05, 4.69) is 22.1 Å². The van der Waals surface area contributed by atoms with Crippen molar-refractivity contribution in [1.82, 2.24) is 4.98 Å². The standard InChI is InChI=1S/C18H17N3O3S/c22-21(23)17-7-3-4-8-18(17)25(24)12-11-19-10-9-15-13-14-5-1-2-6-16(14)20-15/h1-8,11,13,20H,9-10,12H2/t25-/m1/s1. The van der Waals surface area contributed by atoms with E-state index in [0.717, 1.165) is 17.6 Å². The summed E-state index contributed by atoms with van der Waals surface area (Å²) < 4.78 is 12.2. The van der Waals surface area contributed by atoms with Gasteiger partial charge in [0.05, 0.1) is 21.5 Å². The molecule has 3 rings (SSSR count). The number of rotatable bonds is 7. The number of H-pyrrole nitrogens is 1. The fourth-order valence-electron chi connectivity index (χ4n) is 2.56. The van der Waals surface area contributed by atoms with E-state index in [1.54, 1.807) is 18.3 Å². The predicted octanol–water partition coefficient (Wildman–Crippen LogP) is 3.50. The van der Waals surface area contributed by atoms with Crippen molar-refractivity contribution >= 4 is 33.6 Å². The van der Waals surface area contributed by atoms with Gasteiger partial charge in [0.1, 0.15) is 4.90 Å². The Labute approximate surface area is 147 Å². The van der Waals surface area contributed by atoms with Crippen LogP contribution in [0.15, 0.2) is 64.5 Å². The number of fused-ring (bicyclic) bond motifs is 1. The molecule has 1 aromatic heterocycles. The number of hydrogen-bond donors (Lipinski definition) is 1. The zero-order chi connectivity index (χ0) is 17.6. The lowest BCUT2D eigenvalue weighted by Gasteiger charge is -2.00. The molecule has 0 aliphatic heterocycles. The Morgan fingerprint density at radius 3 is 2.72 bits per heavy atom. The molecule has 7 heteroatoms. The van der Waals surface area contributed by atoms with Crippen LogP contribution in [0.4, 0.5) is 5.69 Å². The molecule has 0 unspecified atom stereocenters. The highest BCUT2D eigenvalue weighted by Gasteiger charge is 2.16. The third-order valence-electron chi connectivity index (χ3n) is 3.76. The highest BCUT2D eigenvalue weighted by atomic mass is 32.2. The van der Waals surface area contributed by atoms with E-state index in [-0.39, 0.29) is 16.3 Å². The van der Waals surface area contributed by atoms with Crippen LogP contribution in [-0.4, -0.2) is 32.6 Å². The van der Waals surface area contributed by atoms with E-state index >= 15 is 0 Å². The average Bonchev–Trinajstić information content (AvgIpc) is 3.04. The Balaban J connectivity index is 1.55. The maximum atomic E-state index is 12.2. The molecule has 1 heterocycles. The van der Waals surface area contributed by atoms with Crippen molar-refractivity contribution in [2.75, 3.05) is 12.3 Å². The second-order valence-electron chi connectivity index (χ2n) is 5.46. The van der Waals surface area contributed by atoms with E-state index in [0.29, 0.717) is 6.54 Å². The van der Waals surface area contributed by atoms with Gasteiger partial charge in [0.15, 0.2) is 0 Å². The number of aromatic amines is 1. The quantitative estimate of drug-likeness (QED) is 0.400. The number of nitrogens with zero attached hydrogens (tertiary/aromatic N) is 2. The molecule has 3 aromatic rings. The predicted molar refractivity (Wildman–Crippen MR) is 99.7 cm³/mol. The molecule has 0 amide bonds. The van der Waals surface area contributed by atoms with Gasteiger partial charge in [0, 0.05) is 36.5 Å². The molecule has 128 valence electrons. The van der Waals surface area contributed by atoms with E-state index in [1.165, 1.54) is 17.5 Å². The first kappa shape index (κ1) is 17.0. The van der Waals surface area contributed by atoms with Crippen LogP contribution in [0.3, 0.4) is 0 Å². The van der Waals surface area contributed by atoms with E-state index in [9.17, 15) is 14.3 Å². The Hall–Kier alpha value is -2.80. The number of hydrogen-bond acceptors (Lipinski definition) is 4.